The molecule has 0 N–H and O–H groups in total. The van der Waals surface area contributed by atoms with Gasteiger partial charge in [-0.05, 0) is 42.7 Å². The van der Waals surface area contributed by atoms with E-state index in [4.69, 9.17) is 8.85 Å². The summed E-state index contributed by atoms with van der Waals surface area (Å²) in [5.41, 5.74) is -5.50. The lowest BCUT2D eigenvalue weighted by atomic mass is 10.2. The molecule has 1 atom stereocenters. The SMILES string of the molecule is C=C(C[C@H](CCO[Si](C)(C)C(C)(C)C)O[Si](C)(C)C(C)(C)C)OS(=O)(=O)C(F)(F)F. The third kappa shape index (κ3) is 8.64. The zero-order chi connectivity index (χ0) is 24.4. The molecule has 0 aliphatic rings. The van der Waals surface area contributed by atoms with Crippen molar-refractivity contribution in [2.45, 2.75) is 102 Å². The summed E-state index contributed by atoms with van der Waals surface area (Å²) < 4.78 is 77.1. The Morgan fingerprint density at radius 2 is 1.37 bits per heavy atom. The molecule has 0 spiro atoms. The molecule has 180 valence electrons. The number of halogens is 3. The van der Waals surface area contributed by atoms with Crippen molar-refractivity contribution >= 4 is 26.8 Å². The molecule has 0 saturated carbocycles. The van der Waals surface area contributed by atoms with Crippen LogP contribution in [0.5, 0.6) is 0 Å². The van der Waals surface area contributed by atoms with Crippen LogP contribution in [0.3, 0.4) is 0 Å². The van der Waals surface area contributed by atoms with Crippen molar-refractivity contribution < 1.29 is 34.6 Å². The van der Waals surface area contributed by atoms with E-state index < -0.39 is 44.1 Å². The number of alkyl halides is 3. The third-order valence-electron chi connectivity index (χ3n) is 5.94. The summed E-state index contributed by atoms with van der Waals surface area (Å²) in [4.78, 5) is 0. The Bertz CT molecular complexity index is 690. The first-order valence-corrected chi connectivity index (χ1v) is 17.2. The summed E-state index contributed by atoms with van der Waals surface area (Å²) in [6, 6.07) is 0. The lowest BCUT2D eigenvalue weighted by Crippen LogP contribution is -2.45. The molecule has 0 rings (SSSR count). The maximum atomic E-state index is 12.6. The van der Waals surface area contributed by atoms with Gasteiger partial charge < -0.3 is 13.0 Å². The van der Waals surface area contributed by atoms with E-state index in [1.54, 1.807) is 0 Å². The van der Waals surface area contributed by atoms with E-state index >= 15 is 0 Å². The van der Waals surface area contributed by atoms with Crippen molar-refractivity contribution in [3.05, 3.63) is 12.3 Å². The molecule has 0 bridgehead atoms. The summed E-state index contributed by atoms with van der Waals surface area (Å²) in [6.07, 6.45) is -0.331. The van der Waals surface area contributed by atoms with Crippen LogP contribution in [0.25, 0.3) is 0 Å². The molecule has 5 nitrogen and oxygen atoms in total. The first-order valence-electron chi connectivity index (χ1n) is 9.93. The molecule has 30 heavy (non-hydrogen) atoms. The topological polar surface area (TPSA) is 61.8 Å². The molecule has 0 aliphatic carbocycles. The van der Waals surface area contributed by atoms with Gasteiger partial charge in [-0.1, -0.05) is 48.1 Å². The van der Waals surface area contributed by atoms with Crippen molar-refractivity contribution in [3.8, 4) is 0 Å². The number of hydrogen-bond acceptors (Lipinski definition) is 5. The molecular weight excluding hydrogens is 453 g/mol. The molecule has 0 radical (unpaired) electrons. The van der Waals surface area contributed by atoms with Gasteiger partial charge >= 0.3 is 15.6 Å². The fourth-order valence-electron chi connectivity index (χ4n) is 1.95. The van der Waals surface area contributed by atoms with Gasteiger partial charge in [-0.3, -0.25) is 0 Å². The summed E-state index contributed by atoms with van der Waals surface area (Å²) in [5, 5.41) is -0.123. The Morgan fingerprint density at radius 1 is 0.933 bits per heavy atom. The Balaban J connectivity index is 5.39. The van der Waals surface area contributed by atoms with E-state index in [0.29, 0.717) is 13.0 Å². The molecular formula is C19H39F3O5SSi2. The van der Waals surface area contributed by atoms with Crippen LogP contribution in [0.2, 0.25) is 36.3 Å². The van der Waals surface area contributed by atoms with Crippen LogP contribution in [0.1, 0.15) is 54.4 Å². The van der Waals surface area contributed by atoms with E-state index in [2.05, 4.69) is 44.6 Å². The van der Waals surface area contributed by atoms with Gasteiger partial charge in [0.2, 0.25) is 0 Å². The van der Waals surface area contributed by atoms with Gasteiger partial charge in [0.15, 0.2) is 16.6 Å². The van der Waals surface area contributed by atoms with Crippen LogP contribution in [0, 0.1) is 0 Å². The lowest BCUT2D eigenvalue weighted by Gasteiger charge is -2.40. The van der Waals surface area contributed by atoms with Crippen molar-refractivity contribution in [2.75, 3.05) is 6.61 Å². The summed E-state index contributed by atoms with van der Waals surface area (Å²) >= 11 is 0. The van der Waals surface area contributed by atoms with Crippen LogP contribution in [-0.4, -0.2) is 43.3 Å². The highest BCUT2D eigenvalue weighted by Crippen LogP contribution is 2.39. The Hall–Kier alpha value is -0.366. The fourth-order valence-corrected chi connectivity index (χ4v) is 4.87. The monoisotopic (exact) mass is 492 g/mol. The summed E-state index contributed by atoms with van der Waals surface area (Å²) in [6.45, 7) is 24.5. The van der Waals surface area contributed by atoms with Crippen LogP contribution in [-0.2, 0) is 23.2 Å². The second-order valence-electron chi connectivity index (χ2n) is 10.6. The summed E-state index contributed by atoms with van der Waals surface area (Å²) in [7, 11) is -10.0. The first-order chi connectivity index (χ1) is 12.9. The van der Waals surface area contributed by atoms with Crippen LogP contribution >= 0.6 is 0 Å². The highest BCUT2D eigenvalue weighted by atomic mass is 32.2. The predicted molar refractivity (Wildman–Crippen MR) is 120 cm³/mol. The first kappa shape index (κ1) is 29.6. The van der Waals surface area contributed by atoms with Gasteiger partial charge in [-0.2, -0.15) is 21.6 Å². The molecule has 0 aromatic heterocycles. The normalized spacial score (nSPS) is 15.8. The smallest absolute Gasteiger partial charge is 0.417 e. The minimum absolute atomic E-state index is 0.0102. The largest absolute Gasteiger partial charge is 0.534 e. The van der Waals surface area contributed by atoms with Crippen molar-refractivity contribution in [3.63, 3.8) is 0 Å². The standard InChI is InChI=1S/C19H39F3O5SSi2/c1-15(26-28(23,24)19(20,21)22)14-16(27-30(10,11)18(5,6)7)12-13-25-29(8,9)17(2,3)4/h16H,1,12-14H2,2-11H3/t16-/m0/s1. The fraction of sp³-hybridized carbons (Fsp3) is 0.895. The molecule has 11 heteroatoms. The maximum Gasteiger partial charge on any atom is 0.534 e. The second-order valence-corrected chi connectivity index (χ2v) is 21.7. The molecule has 0 aromatic rings. The van der Waals surface area contributed by atoms with Crippen molar-refractivity contribution in [1.29, 1.82) is 0 Å². The van der Waals surface area contributed by atoms with Crippen LogP contribution in [0.4, 0.5) is 13.2 Å². The summed E-state index contributed by atoms with van der Waals surface area (Å²) in [5.74, 6) is -0.497. The van der Waals surface area contributed by atoms with E-state index in [9.17, 15) is 21.6 Å². The average molecular weight is 493 g/mol. The number of rotatable bonds is 10. The average Bonchev–Trinajstić information content (AvgIpc) is 2.41. The lowest BCUT2D eigenvalue weighted by molar-refractivity contribution is -0.0526. The van der Waals surface area contributed by atoms with E-state index in [1.807, 2.05) is 33.9 Å². The van der Waals surface area contributed by atoms with Gasteiger partial charge in [0, 0.05) is 13.0 Å². The van der Waals surface area contributed by atoms with Crippen molar-refractivity contribution in [1.82, 2.24) is 0 Å². The highest BCUT2D eigenvalue weighted by molar-refractivity contribution is 7.87. The minimum atomic E-state index is -5.75. The third-order valence-corrected chi connectivity index (χ3v) is 16.0. The van der Waals surface area contributed by atoms with E-state index in [0.717, 1.165) is 0 Å². The van der Waals surface area contributed by atoms with E-state index in [1.165, 1.54) is 0 Å². The zero-order valence-electron chi connectivity index (χ0n) is 20.0. The minimum Gasteiger partial charge on any atom is -0.417 e. The Morgan fingerprint density at radius 3 is 1.73 bits per heavy atom. The molecule has 0 unspecified atom stereocenters. The molecule has 0 saturated heterocycles. The van der Waals surface area contributed by atoms with Gasteiger partial charge in [0.05, 0.1) is 6.10 Å². The highest BCUT2D eigenvalue weighted by Gasteiger charge is 2.49. The Kier molecular flexibility index (Phi) is 9.52. The predicted octanol–water partition coefficient (Wildman–Crippen LogP) is 6.56. The van der Waals surface area contributed by atoms with E-state index in [-0.39, 0.29) is 16.5 Å². The molecule has 0 amide bonds. The Labute approximate surface area is 182 Å². The van der Waals surface area contributed by atoms with Gasteiger partial charge in [-0.25, -0.2) is 0 Å². The quantitative estimate of drug-likeness (QED) is 0.150. The zero-order valence-corrected chi connectivity index (χ0v) is 22.8. The van der Waals surface area contributed by atoms with Crippen LogP contribution < -0.4 is 0 Å². The maximum absolute atomic E-state index is 12.6. The number of hydrogen-bond donors (Lipinski definition) is 0. The second kappa shape index (κ2) is 9.64. The van der Waals surface area contributed by atoms with Gasteiger partial charge in [0.1, 0.15) is 5.76 Å². The van der Waals surface area contributed by atoms with Gasteiger partial charge in [-0.15, -0.1) is 0 Å². The van der Waals surface area contributed by atoms with Gasteiger partial charge in [0.25, 0.3) is 0 Å². The molecule has 0 aromatic carbocycles. The van der Waals surface area contributed by atoms with Crippen molar-refractivity contribution in [2.24, 2.45) is 0 Å². The molecule has 0 fully saturated rings. The molecule has 0 aliphatic heterocycles. The van der Waals surface area contributed by atoms with Crippen LogP contribution in [0.15, 0.2) is 12.3 Å². The molecule has 0 heterocycles.